The van der Waals surface area contributed by atoms with Gasteiger partial charge >= 0.3 is 0 Å². The van der Waals surface area contributed by atoms with Crippen LogP contribution in [-0.4, -0.2) is 23.4 Å². The molecule has 1 unspecified atom stereocenters. The molecule has 3 rings (SSSR count). The zero-order chi connectivity index (χ0) is 13.9. The number of amides is 1. The summed E-state index contributed by atoms with van der Waals surface area (Å²) in [6, 6.07) is 19.9. The molecule has 102 valence electrons. The van der Waals surface area contributed by atoms with E-state index in [0.29, 0.717) is 6.54 Å². The fourth-order valence-electron chi connectivity index (χ4n) is 2.80. The molecule has 0 radical (unpaired) electrons. The molecule has 0 aliphatic carbocycles. The fraction of sp³-hybridized carbons (Fsp3) is 0.235. The Kier molecular flexibility index (Phi) is 3.52. The Labute approximate surface area is 119 Å². The van der Waals surface area contributed by atoms with E-state index in [4.69, 9.17) is 5.73 Å². The molecule has 1 saturated heterocycles. The maximum atomic E-state index is 12.3. The maximum Gasteiger partial charge on any atom is 0.240 e. The van der Waals surface area contributed by atoms with Crippen LogP contribution in [0, 0.1) is 0 Å². The van der Waals surface area contributed by atoms with E-state index in [1.54, 1.807) is 0 Å². The molecule has 1 aliphatic heterocycles. The molecule has 0 spiro atoms. The quantitative estimate of drug-likeness (QED) is 0.927. The van der Waals surface area contributed by atoms with Crippen molar-refractivity contribution in [3.8, 4) is 0 Å². The number of nitrogens with zero attached hydrogens (tertiary/aromatic N) is 1. The van der Waals surface area contributed by atoms with E-state index in [2.05, 4.69) is 24.3 Å². The summed E-state index contributed by atoms with van der Waals surface area (Å²) >= 11 is 0. The minimum Gasteiger partial charge on any atom is -0.330 e. The number of rotatable bonds is 3. The van der Waals surface area contributed by atoms with Gasteiger partial charge < -0.3 is 10.6 Å². The van der Waals surface area contributed by atoms with Crippen LogP contribution in [-0.2, 0) is 4.79 Å². The summed E-state index contributed by atoms with van der Waals surface area (Å²) in [5, 5.41) is 0. The molecule has 1 amide bonds. The lowest BCUT2D eigenvalue weighted by atomic mass is 9.97. The Bertz CT molecular complexity index is 543. The van der Waals surface area contributed by atoms with Crippen molar-refractivity contribution in [2.24, 2.45) is 5.73 Å². The third-order valence-electron chi connectivity index (χ3n) is 3.82. The third kappa shape index (κ3) is 2.32. The monoisotopic (exact) mass is 266 g/mol. The molecule has 2 aromatic carbocycles. The van der Waals surface area contributed by atoms with E-state index in [-0.39, 0.29) is 18.0 Å². The molecular formula is C17H18N2O. The first-order valence-electron chi connectivity index (χ1n) is 6.93. The second-order valence-electron chi connectivity index (χ2n) is 5.15. The average Bonchev–Trinajstić information content (AvgIpc) is 2.82. The van der Waals surface area contributed by atoms with Gasteiger partial charge in [0.1, 0.15) is 0 Å². The van der Waals surface area contributed by atoms with Crippen LogP contribution < -0.4 is 5.73 Å². The smallest absolute Gasteiger partial charge is 0.240 e. The van der Waals surface area contributed by atoms with E-state index in [9.17, 15) is 4.79 Å². The van der Waals surface area contributed by atoms with Crippen molar-refractivity contribution in [2.75, 3.05) is 6.54 Å². The summed E-state index contributed by atoms with van der Waals surface area (Å²) in [6.07, 6.45) is 0.731. The molecule has 2 aromatic rings. The predicted octanol–water partition coefficient (Wildman–Crippen LogP) is 2.34. The van der Waals surface area contributed by atoms with Crippen molar-refractivity contribution in [3.05, 3.63) is 71.8 Å². The zero-order valence-corrected chi connectivity index (χ0v) is 11.3. The van der Waals surface area contributed by atoms with Gasteiger partial charge in [-0.15, -0.1) is 0 Å². The van der Waals surface area contributed by atoms with Gasteiger partial charge in [-0.05, 0) is 17.5 Å². The fourth-order valence-corrected chi connectivity index (χ4v) is 2.80. The van der Waals surface area contributed by atoms with Gasteiger partial charge in [-0.2, -0.15) is 0 Å². The number of hydrogen-bond donors (Lipinski definition) is 1. The van der Waals surface area contributed by atoms with Crippen molar-refractivity contribution in [1.29, 1.82) is 0 Å². The van der Waals surface area contributed by atoms with E-state index < -0.39 is 0 Å². The van der Waals surface area contributed by atoms with Crippen molar-refractivity contribution in [3.63, 3.8) is 0 Å². The molecule has 2 N–H and O–H groups in total. The minimum absolute atomic E-state index is 0.0431. The number of likely N-dealkylation sites (tertiary alicyclic amines) is 1. The standard InChI is InChI=1S/C17H18N2O/c18-15-11-12-19(17(15)20)16(13-7-3-1-4-8-13)14-9-5-2-6-10-14/h1-10,15-16H,11-12,18H2. The molecule has 1 aliphatic rings. The summed E-state index contributed by atoms with van der Waals surface area (Å²) in [7, 11) is 0. The van der Waals surface area contributed by atoms with Crippen molar-refractivity contribution in [1.82, 2.24) is 4.90 Å². The first-order valence-corrected chi connectivity index (χ1v) is 6.93. The lowest BCUT2D eigenvalue weighted by molar-refractivity contribution is -0.130. The molecule has 1 heterocycles. The normalized spacial score (nSPS) is 18.8. The first kappa shape index (κ1) is 12.9. The Morgan fingerprint density at radius 2 is 1.45 bits per heavy atom. The molecule has 20 heavy (non-hydrogen) atoms. The highest BCUT2D eigenvalue weighted by Gasteiger charge is 2.34. The van der Waals surface area contributed by atoms with E-state index in [1.165, 1.54) is 0 Å². The molecule has 3 nitrogen and oxygen atoms in total. The summed E-state index contributed by atoms with van der Waals surface area (Å²) < 4.78 is 0. The average molecular weight is 266 g/mol. The van der Waals surface area contributed by atoms with Gasteiger partial charge in [-0.25, -0.2) is 0 Å². The Morgan fingerprint density at radius 1 is 0.950 bits per heavy atom. The van der Waals surface area contributed by atoms with Crippen LogP contribution in [0.15, 0.2) is 60.7 Å². The van der Waals surface area contributed by atoms with Crippen LogP contribution in [0.2, 0.25) is 0 Å². The molecule has 1 atom stereocenters. The number of hydrogen-bond acceptors (Lipinski definition) is 2. The summed E-state index contributed by atoms with van der Waals surface area (Å²) in [4.78, 5) is 14.2. The van der Waals surface area contributed by atoms with Gasteiger partial charge in [0.25, 0.3) is 0 Å². The lowest BCUT2D eigenvalue weighted by Gasteiger charge is -2.29. The van der Waals surface area contributed by atoms with E-state index in [1.807, 2.05) is 41.3 Å². The van der Waals surface area contributed by atoms with Gasteiger partial charge in [-0.3, -0.25) is 4.79 Å². The van der Waals surface area contributed by atoms with Crippen molar-refractivity contribution in [2.45, 2.75) is 18.5 Å². The molecule has 0 bridgehead atoms. The van der Waals surface area contributed by atoms with E-state index in [0.717, 1.165) is 17.5 Å². The Balaban J connectivity index is 2.03. The van der Waals surface area contributed by atoms with Gasteiger partial charge in [0.15, 0.2) is 0 Å². The van der Waals surface area contributed by atoms with Crippen molar-refractivity contribution >= 4 is 5.91 Å². The Hall–Kier alpha value is -2.13. The minimum atomic E-state index is -0.357. The van der Waals surface area contributed by atoms with Crippen LogP contribution in [0.1, 0.15) is 23.6 Å². The Morgan fingerprint density at radius 3 is 1.85 bits per heavy atom. The zero-order valence-electron chi connectivity index (χ0n) is 11.3. The summed E-state index contributed by atoms with van der Waals surface area (Å²) in [5.41, 5.74) is 8.12. The first-order chi connectivity index (χ1) is 9.77. The third-order valence-corrected chi connectivity index (χ3v) is 3.82. The van der Waals surface area contributed by atoms with Gasteiger partial charge in [0, 0.05) is 6.54 Å². The molecular weight excluding hydrogens is 248 g/mol. The molecule has 3 heteroatoms. The SMILES string of the molecule is NC1CCN(C(c2ccccc2)c2ccccc2)C1=O. The maximum absolute atomic E-state index is 12.3. The molecule has 0 aromatic heterocycles. The van der Waals surface area contributed by atoms with Crippen LogP contribution >= 0.6 is 0 Å². The number of nitrogens with two attached hydrogens (primary N) is 1. The summed E-state index contributed by atoms with van der Waals surface area (Å²) in [5.74, 6) is 0.0442. The van der Waals surface area contributed by atoms with Gasteiger partial charge in [-0.1, -0.05) is 60.7 Å². The topological polar surface area (TPSA) is 46.3 Å². The van der Waals surface area contributed by atoms with E-state index >= 15 is 0 Å². The van der Waals surface area contributed by atoms with Crippen LogP contribution in [0.4, 0.5) is 0 Å². The molecule has 1 fully saturated rings. The lowest BCUT2D eigenvalue weighted by Crippen LogP contribution is -2.37. The molecule has 0 saturated carbocycles. The number of carbonyl (C=O) groups excluding carboxylic acids is 1. The largest absolute Gasteiger partial charge is 0.330 e. The van der Waals surface area contributed by atoms with Crippen LogP contribution in [0.5, 0.6) is 0 Å². The van der Waals surface area contributed by atoms with Crippen LogP contribution in [0.3, 0.4) is 0 Å². The highest BCUT2D eigenvalue weighted by atomic mass is 16.2. The number of benzene rings is 2. The second-order valence-corrected chi connectivity index (χ2v) is 5.15. The van der Waals surface area contributed by atoms with Crippen LogP contribution in [0.25, 0.3) is 0 Å². The highest BCUT2D eigenvalue weighted by Crippen LogP contribution is 2.31. The van der Waals surface area contributed by atoms with Gasteiger partial charge in [0.2, 0.25) is 5.91 Å². The second kappa shape index (κ2) is 5.47. The predicted molar refractivity (Wildman–Crippen MR) is 79.0 cm³/mol. The van der Waals surface area contributed by atoms with Crippen molar-refractivity contribution < 1.29 is 4.79 Å². The number of carbonyl (C=O) groups is 1. The van der Waals surface area contributed by atoms with Gasteiger partial charge in [0.05, 0.1) is 12.1 Å². The highest BCUT2D eigenvalue weighted by molar-refractivity contribution is 5.84. The summed E-state index contributed by atoms with van der Waals surface area (Å²) in [6.45, 7) is 0.717.